The lowest BCUT2D eigenvalue weighted by atomic mass is 9.97. The Hall–Kier alpha value is -3.66. The number of aliphatic carboxylic acids is 1. The van der Waals surface area contributed by atoms with Crippen molar-refractivity contribution in [3.63, 3.8) is 0 Å². The molecule has 0 radical (unpaired) electrons. The summed E-state index contributed by atoms with van der Waals surface area (Å²) in [6.07, 6.45) is 4.25. The molecule has 1 saturated carbocycles. The molecule has 0 unspecified atom stereocenters. The first kappa shape index (κ1) is 29.9. The maximum atomic E-state index is 12.8. The third kappa shape index (κ3) is 9.24. The normalized spacial score (nSPS) is 16.8. The molecule has 210 valence electrons. The van der Waals surface area contributed by atoms with Crippen LogP contribution < -0.4 is 11.1 Å². The Morgan fingerprint density at radius 3 is 2.08 bits per heavy atom. The summed E-state index contributed by atoms with van der Waals surface area (Å²) in [5.74, 6) is -2.63. The van der Waals surface area contributed by atoms with Crippen LogP contribution in [0.25, 0.3) is 0 Å². The van der Waals surface area contributed by atoms with Crippen molar-refractivity contribution in [1.82, 2.24) is 10.2 Å². The summed E-state index contributed by atoms with van der Waals surface area (Å²) in [6.45, 7) is 1.26. The van der Waals surface area contributed by atoms with Crippen LogP contribution in [0.5, 0.6) is 0 Å². The average Bonchev–Trinajstić information content (AvgIpc) is 3.60. The minimum atomic E-state index is -5.08. The first-order valence-electron chi connectivity index (χ1n) is 13.0. The van der Waals surface area contributed by atoms with E-state index < -0.39 is 18.2 Å². The number of rotatable bonds is 8. The largest absolute Gasteiger partial charge is 0.490 e. The molecule has 7 nitrogen and oxygen atoms in total. The van der Waals surface area contributed by atoms with Crippen molar-refractivity contribution in [1.29, 1.82) is 0 Å². The van der Waals surface area contributed by atoms with E-state index in [0.717, 1.165) is 38.5 Å². The molecule has 4 rings (SSSR count). The zero-order chi connectivity index (χ0) is 28.4. The highest BCUT2D eigenvalue weighted by atomic mass is 19.4. The topological polar surface area (TPSA) is 113 Å². The number of hydrogen-bond acceptors (Lipinski definition) is 4. The Morgan fingerprint density at radius 1 is 1.00 bits per heavy atom. The molecule has 2 amide bonds. The zero-order valence-corrected chi connectivity index (χ0v) is 21.6. The van der Waals surface area contributed by atoms with E-state index in [1.807, 2.05) is 41.3 Å². The molecule has 1 heterocycles. The minimum Gasteiger partial charge on any atom is -0.475 e. The van der Waals surface area contributed by atoms with Gasteiger partial charge in [-0.2, -0.15) is 13.2 Å². The van der Waals surface area contributed by atoms with Crippen LogP contribution in [0.1, 0.15) is 48.8 Å². The summed E-state index contributed by atoms with van der Waals surface area (Å²) in [5.41, 5.74) is 9.88. The summed E-state index contributed by atoms with van der Waals surface area (Å²) in [6, 6.07) is 17.6. The molecule has 39 heavy (non-hydrogen) atoms. The summed E-state index contributed by atoms with van der Waals surface area (Å²) in [4.78, 5) is 36.4. The number of carboxylic acids is 1. The van der Waals surface area contributed by atoms with E-state index in [1.54, 1.807) is 6.08 Å². The summed E-state index contributed by atoms with van der Waals surface area (Å²) in [5, 5.41) is 10.2. The van der Waals surface area contributed by atoms with Crippen molar-refractivity contribution in [3.05, 3.63) is 83.4 Å². The molecule has 0 spiro atoms. The number of amides is 2. The summed E-state index contributed by atoms with van der Waals surface area (Å²) < 4.78 is 31.7. The van der Waals surface area contributed by atoms with Crippen LogP contribution in [0.15, 0.2) is 66.7 Å². The van der Waals surface area contributed by atoms with Crippen molar-refractivity contribution in [2.75, 3.05) is 0 Å². The number of nitrogens with one attached hydrogen (secondary N) is 1. The molecule has 4 N–H and O–H groups in total. The molecule has 0 saturated heterocycles. The number of carbonyl (C=O) groups is 3. The first-order chi connectivity index (χ1) is 18.5. The molecule has 1 aliphatic heterocycles. The van der Waals surface area contributed by atoms with Crippen LogP contribution in [0.2, 0.25) is 0 Å². The predicted octanol–water partition coefficient (Wildman–Crippen LogP) is 4.35. The molecule has 1 aliphatic carbocycles. The van der Waals surface area contributed by atoms with Gasteiger partial charge in [0.1, 0.15) is 0 Å². The van der Waals surface area contributed by atoms with Gasteiger partial charge in [0.15, 0.2) is 0 Å². The molecule has 1 fully saturated rings. The van der Waals surface area contributed by atoms with Crippen LogP contribution in [0.3, 0.4) is 0 Å². The van der Waals surface area contributed by atoms with Gasteiger partial charge in [-0.1, -0.05) is 73.5 Å². The smallest absolute Gasteiger partial charge is 0.475 e. The number of alkyl halides is 3. The number of nitrogens with two attached hydrogens (primary N) is 1. The lowest BCUT2D eigenvalue weighted by molar-refractivity contribution is -0.192. The Kier molecular flexibility index (Phi) is 10.7. The summed E-state index contributed by atoms with van der Waals surface area (Å²) >= 11 is 0. The van der Waals surface area contributed by atoms with Gasteiger partial charge in [-0.05, 0) is 48.3 Å². The van der Waals surface area contributed by atoms with E-state index in [1.165, 1.54) is 16.7 Å². The van der Waals surface area contributed by atoms with Gasteiger partial charge in [0, 0.05) is 25.2 Å². The maximum absolute atomic E-state index is 12.8. The van der Waals surface area contributed by atoms with Crippen molar-refractivity contribution in [3.8, 4) is 0 Å². The SMILES string of the molecule is N[C@H](C(=O)N[C@H](C=CC(=O)N1Cc2ccccc2C1)CCc1ccccc1)C1CCCC1.O=C(O)C(F)(F)F. The Labute approximate surface area is 225 Å². The molecule has 0 bridgehead atoms. The van der Waals surface area contributed by atoms with Gasteiger partial charge in [0.05, 0.1) is 6.04 Å². The number of hydrogen-bond donors (Lipinski definition) is 3. The number of aryl methyl sites for hydroxylation is 1. The number of carbonyl (C=O) groups excluding carboxylic acids is 2. The fraction of sp³-hybridized carbons (Fsp3) is 0.414. The van der Waals surface area contributed by atoms with E-state index in [2.05, 4.69) is 29.6 Å². The number of nitrogens with zero attached hydrogens (tertiary/aromatic N) is 1. The molecular weight excluding hydrogens is 511 g/mol. The van der Waals surface area contributed by atoms with E-state index in [-0.39, 0.29) is 23.8 Å². The van der Waals surface area contributed by atoms with Gasteiger partial charge in [-0.3, -0.25) is 9.59 Å². The lowest BCUT2D eigenvalue weighted by Crippen LogP contribution is -2.48. The number of fused-ring (bicyclic) bond motifs is 1. The average molecular weight is 546 g/mol. The van der Waals surface area contributed by atoms with Gasteiger partial charge < -0.3 is 21.1 Å². The second kappa shape index (κ2) is 13.9. The minimum absolute atomic E-state index is 0.0275. The molecule has 2 aliphatic rings. The van der Waals surface area contributed by atoms with Gasteiger partial charge in [0.25, 0.3) is 0 Å². The van der Waals surface area contributed by atoms with Crippen LogP contribution in [0.4, 0.5) is 13.2 Å². The predicted molar refractivity (Wildman–Crippen MR) is 140 cm³/mol. The number of benzene rings is 2. The Balaban J connectivity index is 0.000000532. The van der Waals surface area contributed by atoms with Crippen molar-refractivity contribution in [2.45, 2.75) is 69.9 Å². The maximum Gasteiger partial charge on any atom is 0.490 e. The van der Waals surface area contributed by atoms with E-state index in [9.17, 15) is 22.8 Å². The van der Waals surface area contributed by atoms with Gasteiger partial charge >= 0.3 is 12.1 Å². The van der Waals surface area contributed by atoms with E-state index in [4.69, 9.17) is 15.6 Å². The van der Waals surface area contributed by atoms with Crippen molar-refractivity contribution < 1.29 is 32.7 Å². The third-order valence-corrected chi connectivity index (χ3v) is 6.99. The standard InChI is InChI=1S/C27H33N3O2.C2HF3O2/c28-26(21-10-4-5-11-21)27(32)29-24(15-14-20-8-2-1-3-9-20)16-17-25(31)30-18-22-12-6-7-13-23(22)19-30;3-2(4,5)1(6)7/h1-3,6-9,12-13,16-17,21,24,26H,4-5,10-11,14-15,18-19,28H2,(H,29,32);(H,6,7)/t24-,26-;/m0./s1. The van der Waals surface area contributed by atoms with Gasteiger partial charge in [-0.25, -0.2) is 4.79 Å². The third-order valence-electron chi connectivity index (χ3n) is 6.99. The Bertz CT molecular complexity index is 1120. The van der Waals surface area contributed by atoms with Crippen LogP contribution in [-0.4, -0.2) is 46.1 Å². The highest BCUT2D eigenvalue weighted by molar-refractivity contribution is 5.88. The molecular formula is C29H34F3N3O4. The zero-order valence-electron chi connectivity index (χ0n) is 21.6. The number of halogens is 3. The quantitative estimate of drug-likeness (QED) is 0.427. The van der Waals surface area contributed by atoms with Crippen LogP contribution in [0, 0.1) is 5.92 Å². The van der Waals surface area contributed by atoms with Crippen molar-refractivity contribution in [2.24, 2.45) is 11.7 Å². The monoisotopic (exact) mass is 545 g/mol. The molecule has 2 atom stereocenters. The van der Waals surface area contributed by atoms with E-state index in [0.29, 0.717) is 13.1 Å². The molecule has 2 aromatic carbocycles. The van der Waals surface area contributed by atoms with Gasteiger partial charge in [0.2, 0.25) is 11.8 Å². The second-order valence-electron chi connectivity index (χ2n) is 9.83. The highest BCUT2D eigenvalue weighted by Gasteiger charge is 2.38. The number of carboxylic acid groups (broad SMARTS) is 1. The van der Waals surface area contributed by atoms with Crippen molar-refractivity contribution >= 4 is 17.8 Å². The second-order valence-corrected chi connectivity index (χ2v) is 9.83. The lowest BCUT2D eigenvalue weighted by Gasteiger charge is -2.22. The van der Waals surface area contributed by atoms with Crippen LogP contribution >= 0.6 is 0 Å². The molecule has 2 aromatic rings. The Morgan fingerprint density at radius 2 is 1.54 bits per heavy atom. The van der Waals surface area contributed by atoms with Gasteiger partial charge in [-0.15, -0.1) is 0 Å². The van der Waals surface area contributed by atoms with E-state index >= 15 is 0 Å². The molecule has 0 aromatic heterocycles. The summed E-state index contributed by atoms with van der Waals surface area (Å²) in [7, 11) is 0. The first-order valence-corrected chi connectivity index (χ1v) is 13.0. The molecule has 10 heteroatoms. The highest BCUT2D eigenvalue weighted by Crippen LogP contribution is 2.27. The van der Waals surface area contributed by atoms with Crippen LogP contribution in [-0.2, 0) is 33.9 Å². The fourth-order valence-corrected chi connectivity index (χ4v) is 4.79. The fourth-order valence-electron chi connectivity index (χ4n) is 4.79.